The van der Waals surface area contributed by atoms with Gasteiger partial charge in [-0.25, -0.2) is 0 Å². The van der Waals surface area contributed by atoms with Crippen LogP contribution >= 0.6 is 0 Å². The zero-order valence-corrected chi connectivity index (χ0v) is 11.7. The van der Waals surface area contributed by atoms with E-state index in [-0.39, 0.29) is 0 Å². The second-order valence-electron chi connectivity index (χ2n) is 6.56. The van der Waals surface area contributed by atoms with E-state index in [4.69, 9.17) is 0 Å². The fraction of sp³-hybridized carbons (Fsp3) is 1.00. The Labute approximate surface area is 107 Å². The minimum atomic E-state index is 0.296. The summed E-state index contributed by atoms with van der Waals surface area (Å²) >= 11 is 0. The molecule has 0 aromatic heterocycles. The van der Waals surface area contributed by atoms with Gasteiger partial charge in [0.25, 0.3) is 0 Å². The van der Waals surface area contributed by atoms with E-state index in [9.17, 15) is 0 Å². The molecule has 1 aliphatic heterocycles. The van der Waals surface area contributed by atoms with Crippen LogP contribution in [-0.4, -0.2) is 18.2 Å². The van der Waals surface area contributed by atoms with Gasteiger partial charge < -0.3 is 0 Å². The molecule has 0 bridgehead atoms. The SMILES string of the molecule is CC(C)CC1CNC2(CCCCCCCC2)N1. The molecule has 2 fully saturated rings. The molecule has 2 heteroatoms. The third-order valence-electron chi connectivity index (χ3n) is 4.38. The van der Waals surface area contributed by atoms with Crippen LogP contribution in [0.15, 0.2) is 0 Å². The lowest BCUT2D eigenvalue weighted by molar-refractivity contribution is 0.261. The third kappa shape index (κ3) is 3.96. The molecule has 2 rings (SSSR count). The van der Waals surface area contributed by atoms with Gasteiger partial charge in [-0.2, -0.15) is 0 Å². The average Bonchev–Trinajstić information content (AvgIpc) is 2.69. The van der Waals surface area contributed by atoms with Gasteiger partial charge in [0.1, 0.15) is 0 Å². The van der Waals surface area contributed by atoms with Crippen molar-refractivity contribution in [3.63, 3.8) is 0 Å². The second-order valence-corrected chi connectivity index (χ2v) is 6.56. The minimum absolute atomic E-state index is 0.296. The normalized spacial score (nSPS) is 30.2. The van der Waals surface area contributed by atoms with Crippen LogP contribution in [0.1, 0.15) is 71.6 Å². The molecule has 1 saturated carbocycles. The van der Waals surface area contributed by atoms with Gasteiger partial charge in [-0.3, -0.25) is 10.6 Å². The van der Waals surface area contributed by atoms with Crippen LogP contribution in [0, 0.1) is 5.92 Å². The van der Waals surface area contributed by atoms with Gasteiger partial charge in [0.15, 0.2) is 0 Å². The summed E-state index contributed by atoms with van der Waals surface area (Å²) in [5, 5.41) is 7.73. The van der Waals surface area contributed by atoms with Gasteiger partial charge in [-0.1, -0.05) is 52.4 Å². The Morgan fingerprint density at radius 2 is 1.59 bits per heavy atom. The molecular formula is C15H30N2. The Bertz CT molecular complexity index is 215. The molecule has 0 aromatic rings. The van der Waals surface area contributed by atoms with Crippen molar-refractivity contribution < 1.29 is 0 Å². The van der Waals surface area contributed by atoms with Crippen LogP contribution in [0.3, 0.4) is 0 Å². The average molecular weight is 238 g/mol. The Kier molecular flexibility index (Phi) is 4.87. The maximum absolute atomic E-state index is 3.92. The Hall–Kier alpha value is -0.0800. The molecule has 1 saturated heterocycles. The molecule has 2 nitrogen and oxygen atoms in total. The van der Waals surface area contributed by atoms with Crippen molar-refractivity contribution in [2.75, 3.05) is 6.54 Å². The predicted octanol–water partition coefficient (Wildman–Crippen LogP) is 3.42. The van der Waals surface area contributed by atoms with E-state index in [1.54, 1.807) is 0 Å². The van der Waals surface area contributed by atoms with Crippen molar-refractivity contribution >= 4 is 0 Å². The minimum Gasteiger partial charge on any atom is -0.298 e. The molecular weight excluding hydrogens is 208 g/mol. The molecule has 2 N–H and O–H groups in total. The molecule has 17 heavy (non-hydrogen) atoms. The van der Waals surface area contributed by atoms with Crippen LogP contribution in [0.25, 0.3) is 0 Å². The predicted molar refractivity (Wildman–Crippen MR) is 74.0 cm³/mol. The van der Waals surface area contributed by atoms with Gasteiger partial charge in [0, 0.05) is 12.6 Å². The first kappa shape index (κ1) is 13.4. The zero-order chi connectivity index (χ0) is 12.1. The highest BCUT2D eigenvalue weighted by atomic mass is 15.3. The highest BCUT2D eigenvalue weighted by Crippen LogP contribution is 2.27. The molecule has 1 aliphatic carbocycles. The van der Waals surface area contributed by atoms with Crippen LogP contribution < -0.4 is 10.6 Å². The summed E-state index contributed by atoms with van der Waals surface area (Å²) in [5.74, 6) is 0.806. The fourth-order valence-corrected chi connectivity index (χ4v) is 3.53. The number of hydrogen-bond acceptors (Lipinski definition) is 2. The topological polar surface area (TPSA) is 24.1 Å². The van der Waals surface area contributed by atoms with Crippen LogP contribution in [0.4, 0.5) is 0 Å². The highest BCUT2D eigenvalue weighted by Gasteiger charge is 2.37. The van der Waals surface area contributed by atoms with E-state index in [1.165, 1.54) is 64.3 Å². The van der Waals surface area contributed by atoms with Crippen LogP contribution in [0.5, 0.6) is 0 Å². The molecule has 1 unspecified atom stereocenters. The molecule has 1 heterocycles. The maximum Gasteiger partial charge on any atom is 0.0690 e. The number of hydrogen-bond donors (Lipinski definition) is 2. The van der Waals surface area contributed by atoms with Crippen LogP contribution in [0.2, 0.25) is 0 Å². The maximum atomic E-state index is 3.92. The summed E-state index contributed by atoms with van der Waals surface area (Å²) in [7, 11) is 0. The lowest BCUT2D eigenvalue weighted by Crippen LogP contribution is -2.50. The van der Waals surface area contributed by atoms with E-state index >= 15 is 0 Å². The Morgan fingerprint density at radius 1 is 1.00 bits per heavy atom. The highest BCUT2D eigenvalue weighted by molar-refractivity contribution is 4.96. The van der Waals surface area contributed by atoms with E-state index in [2.05, 4.69) is 24.5 Å². The van der Waals surface area contributed by atoms with Crippen molar-refractivity contribution in [3.8, 4) is 0 Å². The summed E-state index contributed by atoms with van der Waals surface area (Å²) in [5.41, 5.74) is 0.296. The molecule has 0 radical (unpaired) electrons. The monoisotopic (exact) mass is 238 g/mol. The van der Waals surface area contributed by atoms with Crippen molar-refractivity contribution in [2.45, 2.75) is 83.3 Å². The van der Waals surface area contributed by atoms with Crippen LogP contribution in [-0.2, 0) is 0 Å². The van der Waals surface area contributed by atoms with E-state index < -0.39 is 0 Å². The van der Waals surface area contributed by atoms with Gasteiger partial charge in [-0.05, 0) is 25.2 Å². The molecule has 0 amide bonds. The number of rotatable bonds is 2. The summed E-state index contributed by atoms with van der Waals surface area (Å²) in [6, 6.07) is 0.704. The quantitative estimate of drug-likeness (QED) is 0.770. The second kappa shape index (κ2) is 6.19. The van der Waals surface area contributed by atoms with Gasteiger partial charge in [0.05, 0.1) is 5.66 Å². The lowest BCUT2D eigenvalue weighted by Gasteiger charge is -2.31. The smallest absolute Gasteiger partial charge is 0.0690 e. The molecule has 2 aliphatic rings. The van der Waals surface area contributed by atoms with E-state index in [0.29, 0.717) is 11.7 Å². The first-order valence-corrected chi connectivity index (χ1v) is 7.73. The Morgan fingerprint density at radius 3 is 2.18 bits per heavy atom. The van der Waals surface area contributed by atoms with Crippen molar-refractivity contribution in [1.82, 2.24) is 10.6 Å². The van der Waals surface area contributed by atoms with E-state index in [0.717, 1.165) is 5.92 Å². The van der Waals surface area contributed by atoms with E-state index in [1.807, 2.05) is 0 Å². The Balaban J connectivity index is 1.88. The standard InChI is InChI=1S/C15H30N2/c1-13(2)11-14-12-16-15(17-14)9-7-5-3-4-6-8-10-15/h13-14,16-17H,3-12H2,1-2H3. The van der Waals surface area contributed by atoms with Gasteiger partial charge in [-0.15, -0.1) is 0 Å². The first-order valence-electron chi connectivity index (χ1n) is 7.73. The summed E-state index contributed by atoms with van der Waals surface area (Å²) in [6.45, 7) is 5.84. The summed E-state index contributed by atoms with van der Waals surface area (Å²) < 4.78 is 0. The van der Waals surface area contributed by atoms with Gasteiger partial charge >= 0.3 is 0 Å². The first-order chi connectivity index (χ1) is 8.20. The molecule has 1 spiro atoms. The fourth-order valence-electron chi connectivity index (χ4n) is 3.53. The summed E-state index contributed by atoms with van der Waals surface area (Å²) in [6.07, 6.45) is 12.5. The van der Waals surface area contributed by atoms with Gasteiger partial charge in [0.2, 0.25) is 0 Å². The molecule has 100 valence electrons. The molecule has 0 aromatic carbocycles. The molecule has 1 atom stereocenters. The zero-order valence-electron chi connectivity index (χ0n) is 11.7. The van der Waals surface area contributed by atoms with Crippen molar-refractivity contribution in [2.24, 2.45) is 5.92 Å². The summed E-state index contributed by atoms with van der Waals surface area (Å²) in [4.78, 5) is 0. The lowest BCUT2D eigenvalue weighted by atomic mass is 9.97. The largest absolute Gasteiger partial charge is 0.298 e. The third-order valence-corrected chi connectivity index (χ3v) is 4.38. The number of nitrogens with one attached hydrogen (secondary N) is 2. The van der Waals surface area contributed by atoms with Crippen molar-refractivity contribution in [1.29, 1.82) is 0 Å². The van der Waals surface area contributed by atoms with Crippen molar-refractivity contribution in [3.05, 3.63) is 0 Å².